The summed E-state index contributed by atoms with van der Waals surface area (Å²) in [6.07, 6.45) is 0.140. The first-order valence-electron chi connectivity index (χ1n) is 13.8. The summed E-state index contributed by atoms with van der Waals surface area (Å²) in [6, 6.07) is 29.1. The van der Waals surface area contributed by atoms with Crippen LogP contribution in [0, 0.1) is 0 Å². The fraction of sp³-hybridized carbons (Fsp3) is 0.281. The summed E-state index contributed by atoms with van der Waals surface area (Å²) >= 11 is 0. The lowest BCUT2D eigenvalue weighted by Crippen LogP contribution is -2.74. The van der Waals surface area contributed by atoms with Crippen LogP contribution in [0.25, 0.3) is 0 Å². The molecule has 4 aromatic rings. The Bertz CT molecular complexity index is 1610. The zero-order chi connectivity index (χ0) is 28.9. The standard InChI is InChI=1S/C32H31N3O7/c36-27-16-17-35(31(38)33-27)32-22-34(28(37)21-40-25-14-8-3-9-15-25)30(32)29(41-19-24-12-6-2-7-13-24)26(42-32)20-39-18-23-10-4-1-5-11-23/h1-17,26,29-30H,18-22H2,(H,33,36,38)/t26-,29-,30-,32-/m1/s1. The summed E-state index contributed by atoms with van der Waals surface area (Å²) in [7, 11) is 0. The van der Waals surface area contributed by atoms with Gasteiger partial charge >= 0.3 is 5.69 Å². The number of amides is 1. The molecule has 42 heavy (non-hydrogen) atoms. The molecule has 0 aliphatic carbocycles. The normalized spacial score (nSPS) is 22.8. The Labute approximate surface area is 242 Å². The molecule has 6 rings (SSSR count). The Morgan fingerprint density at radius 3 is 2.19 bits per heavy atom. The maximum atomic E-state index is 13.5. The lowest BCUT2D eigenvalue weighted by Gasteiger charge is -2.53. The molecule has 10 nitrogen and oxygen atoms in total. The summed E-state index contributed by atoms with van der Waals surface area (Å²) in [6.45, 7) is 0.654. The number of aromatic amines is 1. The topological polar surface area (TPSA) is 112 Å². The first kappa shape index (κ1) is 27.6. The zero-order valence-corrected chi connectivity index (χ0v) is 22.8. The molecule has 2 aliphatic heterocycles. The number of hydrogen-bond acceptors (Lipinski definition) is 7. The molecule has 2 saturated heterocycles. The van der Waals surface area contributed by atoms with Gasteiger partial charge in [-0.15, -0.1) is 0 Å². The lowest BCUT2D eigenvalue weighted by atomic mass is 9.87. The largest absolute Gasteiger partial charge is 0.484 e. The summed E-state index contributed by atoms with van der Waals surface area (Å²) in [5.74, 6) is 0.293. The molecule has 216 valence electrons. The number of rotatable bonds is 11. The fourth-order valence-electron chi connectivity index (χ4n) is 5.58. The van der Waals surface area contributed by atoms with E-state index in [1.54, 1.807) is 17.0 Å². The van der Waals surface area contributed by atoms with Gasteiger partial charge in [-0.2, -0.15) is 0 Å². The molecule has 0 saturated carbocycles. The Morgan fingerprint density at radius 1 is 0.881 bits per heavy atom. The second-order valence-corrected chi connectivity index (χ2v) is 10.3. The molecule has 1 N–H and O–H groups in total. The van der Waals surface area contributed by atoms with E-state index in [-0.39, 0.29) is 32.3 Å². The second-order valence-electron chi connectivity index (χ2n) is 10.3. The van der Waals surface area contributed by atoms with Crippen LogP contribution in [0.4, 0.5) is 0 Å². The van der Waals surface area contributed by atoms with Gasteiger partial charge < -0.3 is 23.8 Å². The summed E-state index contributed by atoms with van der Waals surface area (Å²) in [5.41, 5.74) is -0.462. The first-order chi connectivity index (χ1) is 20.5. The number of H-pyrrole nitrogens is 1. The predicted molar refractivity (Wildman–Crippen MR) is 153 cm³/mol. The lowest BCUT2D eigenvalue weighted by molar-refractivity contribution is -0.216. The number of ether oxygens (including phenoxy) is 4. The molecule has 0 unspecified atom stereocenters. The molecular weight excluding hydrogens is 538 g/mol. The van der Waals surface area contributed by atoms with Crippen molar-refractivity contribution in [2.24, 2.45) is 0 Å². The highest BCUT2D eigenvalue weighted by Crippen LogP contribution is 2.48. The van der Waals surface area contributed by atoms with Crippen LogP contribution in [0.3, 0.4) is 0 Å². The van der Waals surface area contributed by atoms with Crippen molar-refractivity contribution in [1.82, 2.24) is 14.5 Å². The van der Waals surface area contributed by atoms with Crippen LogP contribution in [-0.2, 0) is 37.9 Å². The van der Waals surface area contributed by atoms with E-state index in [9.17, 15) is 14.4 Å². The van der Waals surface area contributed by atoms with Crippen LogP contribution < -0.4 is 16.0 Å². The Balaban J connectivity index is 1.29. The highest BCUT2D eigenvalue weighted by molar-refractivity contribution is 5.79. The van der Waals surface area contributed by atoms with Gasteiger partial charge in [-0.25, -0.2) is 4.79 Å². The smallest absolute Gasteiger partial charge is 0.330 e. The summed E-state index contributed by atoms with van der Waals surface area (Å²) < 4.78 is 26.2. The molecule has 0 radical (unpaired) electrons. The van der Waals surface area contributed by atoms with Crippen LogP contribution in [-0.4, -0.2) is 58.4 Å². The molecule has 2 fully saturated rings. The molecule has 0 spiro atoms. The van der Waals surface area contributed by atoms with Gasteiger partial charge in [0.25, 0.3) is 11.5 Å². The number of carbonyl (C=O) groups is 1. The van der Waals surface area contributed by atoms with Crippen molar-refractivity contribution in [2.45, 2.75) is 37.2 Å². The number of carbonyl (C=O) groups excluding carboxylic acids is 1. The molecule has 3 aromatic carbocycles. The third kappa shape index (κ3) is 5.64. The molecule has 2 aliphatic rings. The number of fused-ring (bicyclic) bond motifs is 1. The molecule has 3 heterocycles. The highest BCUT2D eigenvalue weighted by atomic mass is 16.6. The van der Waals surface area contributed by atoms with E-state index in [4.69, 9.17) is 18.9 Å². The van der Waals surface area contributed by atoms with Gasteiger partial charge in [0.2, 0.25) is 0 Å². The molecular formula is C32H31N3O7. The zero-order valence-electron chi connectivity index (χ0n) is 22.8. The van der Waals surface area contributed by atoms with E-state index >= 15 is 0 Å². The van der Waals surface area contributed by atoms with Crippen molar-refractivity contribution in [3.05, 3.63) is 135 Å². The molecule has 1 aromatic heterocycles. The van der Waals surface area contributed by atoms with Gasteiger partial charge in [0, 0.05) is 12.3 Å². The quantitative estimate of drug-likeness (QED) is 0.296. The number of aromatic nitrogens is 2. The Kier molecular flexibility index (Phi) is 8.00. The number of benzene rings is 3. The minimum Gasteiger partial charge on any atom is -0.484 e. The maximum absolute atomic E-state index is 13.5. The number of likely N-dealkylation sites (tertiary alicyclic amines) is 1. The van der Waals surface area contributed by atoms with Crippen molar-refractivity contribution in [3.8, 4) is 5.75 Å². The van der Waals surface area contributed by atoms with E-state index in [0.29, 0.717) is 12.4 Å². The second kappa shape index (κ2) is 12.2. The highest BCUT2D eigenvalue weighted by Gasteiger charge is 2.68. The Morgan fingerprint density at radius 2 is 1.52 bits per heavy atom. The third-order valence-electron chi connectivity index (χ3n) is 7.56. The first-order valence-corrected chi connectivity index (χ1v) is 13.8. The van der Waals surface area contributed by atoms with E-state index in [1.165, 1.54) is 16.8 Å². The van der Waals surface area contributed by atoms with E-state index in [2.05, 4.69) is 4.98 Å². The summed E-state index contributed by atoms with van der Waals surface area (Å²) in [4.78, 5) is 42.3. The van der Waals surface area contributed by atoms with Gasteiger partial charge in [-0.3, -0.25) is 19.1 Å². The third-order valence-corrected chi connectivity index (χ3v) is 7.56. The molecule has 1 amide bonds. The fourth-order valence-corrected chi connectivity index (χ4v) is 5.58. The van der Waals surface area contributed by atoms with Crippen molar-refractivity contribution in [1.29, 1.82) is 0 Å². The van der Waals surface area contributed by atoms with Gasteiger partial charge in [0.15, 0.2) is 12.3 Å². The van der Waals surface area contributed by atoms with Crippen LogP contribution in [0.1, 0.15) is 11.1 Å². The van der Waals surface area contributed by atoms with Gasteiger partial charge in [0.1, 0.15) is 24.0 Å². The van der Waals surface area contributed by atoms with Crippen LogP contribution >= 0.6 is 0 Å². The maximum Gasteiger partial charge on any atom is 0.330 e. The van der Waals surface area contributed by atoms with Crippen molar-refractivity contribution < 1.29 is 23.7 Å². The summed E-state index contributed by atoms with van der Waals surface area (Å²) in [5, 5.41) is 0. The van der Waals surface area contributed by atoms with Gasteiger partial charge in [-0.05, 0) is 23.3 Å². The minimum absolute atomic E-state index is 0.0704. The molecule has 10 heteroatoms. The average molecular weight is 570 g/mol. The monoisotopic (exact) mass is 569 g/mol. The van der Waals surface area contributed by atoms with Crippen molar-refractivity contribution in [2.75, 3.05) is 19.8 Å². The van der Waals surface area contributed by atoms with Crippen molar-refractivity contribution >= 4 is 5.91 Å². The van der Waals surface area contributed by atoms with Gasteiger partial charge in [-0.1, -0.05) is 78.9 Å². The SMILES string of the molecule is O=C(COc1ccccc1)N1C[C@@]2(n3ccc(=O)[nH]c3=O)O[C@H](COCc3ccccc3)[C@@H](OCc3ccccc3)[C@@H]12. The van der Waals surface area contributed by atoms with Crippen LogP contribution in [0.5, 0.6) is 5.75 Å². The van der Waals surface area contributed by atoms with E-state index in [1.807, 2.05) is 78.9 Å². The van der Waals surface area contributed by atoms with E-state index < -0.39 is 35.2 Å². The van der Waals surface area contributed by atoms with E-state index in [0.717, 1.165) is 11.1 Å². The van der Waals surface area contributed by atoms with Crippen molar-refractivity contribution in [3.63, 3.8) is 0 Å². The number of nitrogens with zero attached hydrogens (tertiary/aromatic N) is 2. The van der Waals surface area contributed by atoms with Gasteiger partial charge in [0.05, 0.1) is 26.4 Å². The average Bonchev–Trinajstić information content (AvgIpc) is 3.23. The minimum atomic E-state index is -1.26. The van der Waals surface area contributed by atoms with Crippen LogP contribution in [0.15, 0.2) is 113 Å². The molecule has 4 atom stereocenters. The van der Waals surface area contributed by atoms with Crippen LogP contribution in [0.2, 0.25) is 0 Å². The molecule has 0 bridgehead atoms. The Hall–Kier alpha value is -4.51. The number of hydrogen-bond donors (Lipinski definition) is 1. The number of para-hydroxylation sites is 1. The predicted octanol–water partition coefficient (Wildman–Crippen LogP) is 2.68. The number of nitrogens with one attached hydrogen (secondary N) is 1.